The minimum atomic E-state index is -0.0820. The average Bonchev–Trinajstić information content (AvgIpc) is 2.35. The molecule has 2 rings (SSSR count). The van der Waals surface area contributed by atoms with E-state index >= 15 is 0 Å². The molecule has 2 N–H and O–H groups in total. The Morgan fingerprint density at radius 3 is 2.84 bits per heavy atom. The third-order valence-corrected chi connectivity index (χ3v) is 3.44. The highest BCUT2D eigenvalue weighted by Crippen LogP contribution is 2.20. The summed E-state index contributed by atoms with van der Waals surface area (Å²) < 4.78 is 0. The minimum Gasteiger partial charge on any atom is -0.395 e. The highest BCUT2D eigenvalue weighted by molar-refractivity contribution is 6.32. The standard InChI is InChI=1S/C15H16ClNO2/c16-14-10-12(15(19)17-13-5-3-6-13)8-7-11(14)4-1-2-9-18/h7-8,10,13,18H,2-3,5-6,9H2,(H,17,19). The maximum atomic E-state index is 11.9. The molecule has 3 nitrogen and oxygen atoms in total. The van der Waals surface area contributed by atoms with Gasteiger partial charge in [-0.15, -0.1) is 0 Å². The normalized spacial score (nSPS) is 14.2. The van der Waals surface area contributed by atoms with E-state index in [-0.39, 0.29) is 12.5 Å². The molecule has 1 amide bonds. The van der Waals surface area contributed by atoms with Crippen molar-refractivity contribution >= 4 is 17.5 Å². The third-order valence-electron chi connectivity index (χ3n) is 3.13. The van der Waals surface area contributed by atoms with Gasteiger partial charge in [0.1, 0.15) is 0 Å². The summed E-state index contributed by atoms with van der Waals surface area (Å²) in [4.78, 5) is 11.9. The first kappa shape index (κ1) is 13.9. The number of aliphatic hydroxyl groups is 1. The second-order valence-corrected chi connectivity index (χ2v) is 4.98. The van der Waals surface area contributed by atoms with Gasteiger partial charge in [-0.1, -0.05) is 23.4 Å². The Kier molecular flexibility index (Phi) is 4.84. The van der Waals surface area contributed by atoms with Crippen LogP contribution in [-0.2, 0) is 0 Å². The van der Waals surface area contributed by atoms with Gasteiger partial charge in [-0.3, -0.25) is 4.79 Å². The van der Waals surface area contributed by atoms with Crippen molar-refractivity contribution in [3.63, 3.8) is 0 Å². The van der Waals surface area contributed by atoms with Crippen LogP contribution in [0.1, 0.15) is 41.6 Å². The van der Waals surface area contributed by atoms with Crippen molar-refractivity contribution in [2.75, 3.05) is 6.61 Å². The van der Waals surface area contributed by atoms with Crippen molar-refractivity contribution in [2.45, 2.75) is 31.7 Å². The van der Waals surface area contributed by atoms with Gasteiger partial charge in [-0.05, 0) is 37.5 Å². The Hall–Kier alpha value is -1.50. The fraction of sp³-hybridized carbons (Fsp3) is 0.400. The Labute approximate surface area is 118 Å². The van der Waals surface area contributed by atoms with Crippen LogP contribution in [0.15, 0.2) is 18.2 Å². The molecule has 1 fully saturated rings. The molecule has 0 radical (unpaired) electrons. The molecule has 1 aromatic carbocycles. The lowest BCUT2D eigenvalue weighted by atomic mass is 9.93. The number of carbonyl (C=O) groups is 1. The van der Waals surface area contributed by atoms with Gasteiger partial charge < -0.3 is 10.4 Å². The van der Waals surface area contributed by atoms with E-state index in [4.69, 9.17) is 16.7 Å². The van der Waals surface area contributed by atoms with Gasteiger partial charge in [-0.2, -0.15) is 0 Å². The smallest absolute Gasteiger partial charge is 0.251 e. The highest BCUT2D eigenvalue weighted by atomic mass is 35.5. The van der Waals surface area contributed by atoms with E-state index in [0.29, 0.717) is 28.6 Å². The predicted molar refractivity (Wildman–Crippen MR) is 75.1 cm³/mol. The summed E-state index contributed by atoms with van der Waals surface area (Å²) in [7, 11) is 0. The molecule has 1 aliphatic carbocycles. The van der Waals surface area contributed by atoms with Crippen molar-refractivity contribution in [1.29, 1.82) is 0 Å². The summed E-state index contributed by atoms with van der Waals surface area (Å²) in [5, 5.41) is 12.1. The lowest BCUT2D eigenvalue weighted by Crippen LogP contribution is -2.39. The molecule has 1 aliphatic rings. The largest absolute Gasteiger partial charge is 0.395 e. The fourth-order valence-electron chi connectivity index (χ4n) is 1.79. The maximum Gasteiger partial charge on any atom is 0.251 e. The summed E-state index contributed by atoms with van der Waals surface area (Å²) >= 11 is 6.09. The zero-order valence-electron chi connectivity index (χ0n) is 10.6. The zero-order chi connectivity index (χ0) is 13.7. The number of hydrogen-bond donors (Lipinski definition) is 2. The van der Waals surface area contributed by atoms with Gasteiger partial charge >= 0.3 is 0 Å². The average molecular weight is 278 g/mol. The number of carbonyl (C=O) groups excluding carboxylic acids is 1. The van der Waals surface area contributed by atoms with Gasteiger partial charge in [0, 0.05) is 23.6 Å². The summed E-state index contributed by atoms with van der Waals surface area (Å²) in [6.07, 6.45) is 3.72. The molecule has 0 bridgehead atoms. The number of benzene rings is 1. The first-order valence-corrected chi connectivity index (χ1v) is 6.78. The van der Waals surface area contributed by atoms with E-state index in [1.54, 1.807) is 18.2 Å². The minimum absolute atomic E-state index is 0.0342. The number of halogens is 1. The fourth-order valence-corrected chi connectivity index (χ4v) is 2.02. The Morgan fingerprint density at radius 1 is 1.47 bits per heavy atom. The number of amides is 1. The molecule has 4 heteroatoms. The summed E-state index contributed by atoms with van der Waals surface area (Å²) in [5.41, 5.74) is 1.24. The van der Waals surface area contributed by atoms with E-state index < -0.39 is 0 Å². The SMILES string of the molecule is O=C(NC1CCC1)c1ccc(C#CCCO)c(Cl)c1. The molecule has 0 aliphatic heterocycles. The van der Waals surface area contributed by atoms with Crippen molar-refractivity contribution in [1.82, 2.24) is 5.32 Å². The third kappa shape index (κ3) is 3.73. The Morgan fingerprint density at radius 2 is 2.26 bits per heavy atom. The first-order chi connectivity index (χ1) is 9.20. The molecule has 0 unspecified atom stereocenters. The molecule has 19 heavy (non-hydrogen) atoms. The van der Waals surface area contributed by atoms with Gasteiger partial charge in [0.2, 0.25) is 0 Å². The molecule has 1 aromatic rings. The Bertz CT molecular complexity index is 527. The second kappa shape index (κ2) is 6.60. The lowest BCUT2D eigenvalue weighted by Gasteiger charge is -2.26. The van der Waals surface area contributed by atoms with Crippen LogP contribution in [0.5, 0.6) is 0 Å². The number of rotatable bonds is 3. The molecule has 100 valence electrons. The molecule has 0 spiro atoms. The predicted octanol–water partition coefficient (Wildman–Crippen LogP) is 2.36. The summed E-state index contributed by atoms with van der Waals surface area (Å²) in [6, 6.07) is 5.42. The molecule has 0 heterocycles. The van der Waals surface area contributed by atoms with Crippen molar-refractivity contribution < 1.29 is 9.90 Å². The first-order valence-electron chi connectivity index (χ1n) is 6.41. The van der Waals surface area contributed by atoms with E-state index in [0.717, 1.165) is 12.8 Å². The maximum absolute atomic E-state index is 11.9. The Balaban J connectivity index is 2.05. The van der Waals surface area contributed by atoms with Gasteiger partial charge in [0.25, 0.3) is 5.91 Å². The van der Waals surface area contributed by atoms with Crippen molar-refractivity contribution in [3.05, 3.63) is 34.3 Å². The molecule has 0 saturated heterocycles. The quantitative estimate of drug-likeness (QED) is 0.834. The van der Waals surface area contributed by atoms with E-state index in [2.05, 4.69) is 17.2 Å². The summed E-state index contributed by atoms with van der Waals surface area (Å²) in [6.45, 7) is 0.0342. The zero-order valence-corrected chi connectivity index (χ0v) is 11.3. The number of aliphatic hydroxyl groups excluding tert-OH is 1. The number of nitrogens with one attached hydrogen (secondary N) is 1. The van der Waals surface area contributed by atoms with Crippen LogP contribution in [-0.4, -0.2) is 23.7 Å². The van der Waals surface area contributed by atoms with E-state index in [1.165, 1.54) is 6.42 Å². The van der Waals surface area contributed by atoms with Crippen LogP contribution in [0.2, 0.25) is 5.02 Å². The molecular formula is C15H16ClNO2. The van der Waals surface area contributed by atoms with Crippen LogP contribution in [0.4, 0.5) is 0 Å². The highest BCUT2D eigenvalue weighted by Gasteiger charge is 2.20. The lowest BCUT2D eigenvalue weighted by molar-refractivity contribution is 0.0917. The van der Waals surface area contributed by atoms with Crippen LogP contribution in [0, 0.1) is 11.8 Å². The van der Waals surface area contributed by atoms with Gasteiger partial charge in [-0.25, -0.2) is 0 Å². The molecular weight excluding hydrogens is 262 g/mol. The van der Waals surface area contributed by atoms with Crippen molar-refractivity contribution in [2.24, 2.45) is 0 Å². The number of hydrogen-bond acceptors (Lipinski definition) is 2. The topological polar surface area (TPSA) is 49.3 Å². The van der Waals surface area contributed by atoms with E-state index in [1.807, 2.05) is 0 Å². The van der Waals surface area contributed by atoms with Crippen LogP contribution in [0.3, 0.4) is 0 Å². The monoisotopic (exact) mass is 277 g/mol. The molecule has 1 saturated carbocycles. The van der Waals surface area contributed by atoms with Gasteiger partial charge in [0.05, 0.1) is 11.6 Å². The van der Waals surface area contributed by atoms with Crippen LogP contribution < -0.4 is 5.32 Å². The van der Waals surface area contributed by atoms with Crippen LogP contribution in [0.25, 0.3) is 0 Å². The molecule has 0 atom stereocenters. The van der Waals surface area contributed by atoms with Gasteiger partial charge in [0.15, 0.2) is 0 Å². The molecule has 0 aromatic heterocycles. The van der Waals surface area contributed by atoms with E-state index in [9.17, 15) is 4.79 Å². The summed E-state index contributed by atoms with van der Waals surface area (Å²) in [5.74, 6) is 5.59. The second-order valence-electron chi connectivity index (χ2n) is 4.57. The van der Waals surface area contributed by atoms with Crippen LogP contribution >= 0.6 is 11.6 Å². The van der Waals surface area contributed by atoms with Crippen molar-refractivity contribution in [3.8, 4) is 11.8 Å².